The Balaban J connectivity index is 1.46. The van der Waals surface area contributed by atoms with Crippen LogP contribution in [0.5, 0.6) is 11.5 Å². The molecule has 1 heterocycles. The zero-order chi connectivity index (χ0) is 21.7. The maximum atomic E-state index is 12.7. The molecule has 0 unspecified atom stereocenters. The summed E-state index contributed by atoms with van der Waals surface area (Å²) in [5, 5.41) is 4.53. The summed E-state index contributed by atoms with van der Waals surface area (Å²) in [7, 11) is -3.64. The van der Waals surface area contributed by atoms with E-state index in [1.165, 1.54) is 6.07 Å². The summed E-state index contributed by atoms with van der Waals surface area (Å²) in [6, 6.07) is 25.8. The molecule has 4 aromatic rings. The van der Waals surface area contributed by atoms with Crippen LogP contribution in [0, 0.1) is 0 Å². The average molecular weight is 451 g/mol. The number of hydrogen-bond donors (Lipinski definition) is 2. The van der Waals surface area contributed by atoms with E-state index in [0.29, 0.717) is 28.4 Å². The molecule has 1 amide bonds. The third-order valence-corrected chi connectivity index (χ3v) is 7.04. The summed E-state index contributed by atoms with van der Waals surface area (Å²) in [4.78, 5) is 12.7. The van der Waals surface area contributed by atoms with Crippen molar-refractivity contribution in [1.29, 1.82) is 0 Å². The van der Waals surface area contributed by atoms with Crippen molar-refractivity contribution in [2.45, 2.75) is 4.21 Å². The van der Waals surface area contributed by atoms with Gasteiger partial charge in [-0.05, 0) is 60.0 Å². The number of thiophene rings is 1. The summed E-state index contributed by atoms with van der Waals surface area (Å²) in [6.07, 6.45) is 0. The fraction of sp³-hybridized carbons (Fsp3) is 0. The lowest BCUT2D eigenvalue weighted by Crippen LogP contribution is -2.14. The quantitative estimate of drug-likeness (QED) is 0.384. The monoisotopic (exact) mass is 450 g/mol. The highest BCUT2D eigenvalue weighted by Gasteiger charge is 2.16. The molecule has 0 aliphatic heterocycles. The van der Waals surface area contributed by atoms with Crippen molar-refractivity contribution in [3.8, 4) is 11.5 Å². The molecule has 3 aromatic carbocycles. The Bertz CT molecular complexity index is 1270. The van der Waals surface area contributed by atoms with Gasteiger partial charge in [-0.15, -0.1) is 11.3 Å². The van der Waals surface area contributed by atoms with E-state index in [1.807, 2.05) is 36.4 Å². The minimum Gasteiger partial charge on any atom is -0.455 e. The highest BCUT2D eigenvalue weighted by atomic mass is 32.2. The summed E-state index contributed by atoms with van der Waals surface area (Å²) >= 11 is 1.13. The topological polar surface area (TPSA) is 84.5 Å². The Morgan fingerprint density at radius 1 is 0.806 bits per heavy atom. The summed E-state index contributed by atoms with van der Waals surface area (Å²) in [5.74, 6) is 0.839. The van der Waals surface area contributed by atoms with E-state index >= 15 is 0 Å². The van der Waals surface area contributed by atoms with E-state index < -0.39 is 10.0 Å². The van der Waals surface area contributed by atoms with Crippen LogP contribution in [0.1, 0.15) is 10.4 Å². The molecule has 0 bridgehead atoms. The van der Waals surface area contributed by atoms with E-state index in [2.05, 4.69) is 10.0 Å². The summed E-state index contributed by atoms with van der Waals surface area (Å²) in [6.45, 7) is 0. The largest absolute Gasteiger partial charge is 0.455 e. The number of para-hydroxylation sites is 3. The van der Waals surface area contributed by atoms with E-state index in [9.17, 15) is 13.2 Å². The highest BCUT2D eigenvalue weighted by Crippen LogP contribution is 2.29. The predicted octanol–water partition coefficient (Wildman–Crippen LogP) is 5.59. The average Bonchev–Trinajstić information content (AvgIpc) is 3.32. The fourth-order valence-corrected chi connectivity index (χ4v) is 4.83. The number of sulfonamides is 1. The van der Waals surface area contributed by atoms with Gasteiger partial charge in [0.05, 0.1) is 5.69 Å². The molecule has 31 heavy (non-hydrogen) atoms. The van der Waals surface area contributed by atoms with E-state index in [1.54, 1.807) is 53.9 Å². The lowest BCUT2D eigenvalue weighted by molar-refractivity contribution is 0.102. The Kier molecular flexibility index (Phi) is 6.01. The van der Waals surface area contributed by atoms with Crippen molar-refractivity contribution in [2.24, 2.45) is 0 Å². The van der Waals surface area contributed by atoms with Gasteiger partial charge in [-0.2, -0.15) is 0 Å². The van der Waals surface area contributed by atoms with Crippen molar-refractivity contribution >= 4 is 38.6 Å². The van der Waals surface area contributed by atoms with Crippen LogP contribution in [0.15, 0.2) is 101 Å². The standard InChI is InChI=1S/C23H18N2O4S2/c26-23(24-20-9-4-5-10-21(20)29-19-7-2-1-3-8-19)17-12-14-18(15-13-17)25-31(27,28)22-11-6-16-30-22/h1-16,25H,(H,24,26). The van der Waals surface area contributed by atoms with Crippen LogP contribution in [0.2, 0.25) is 0 Å². The maximum absolute atomic E-state index is 12.7. The van der Waals surface area contributed by atoms with Crippen LogP contribution in [0.25, 0.3) is 0 Å². The summed E-state index contributed by atoms with van der Waals surface area (Å²) < 4.78 is 33.2. The second-order valence-electron chi connectivity index (χ2n) is 6.48. The number of nitrogens with one attached hydrogen (secondary N) is 2. The molecular formula is C23H18N2O4S2. The first-order valence-corrected chi connectivity index (χ1v) is 11.7. The molecule has 0 aliphatic carbocycles. The molecule has 0 spiro atoms. The van der Waals surface area contributed by atoms with Crippen LogP contribution >= 0.6 is 11.3 Å². The first kappa shape index (κ1) is 20.6. The molecule has 0 saturated heterocycles. The number of hydrogen-bond acceptors (Lipinski definition) is 5. The van der Waals surface area contributed by atoms with E-state index in [4.69, 9.17) is 4.74 Å². The Labute approximate surface area is 184 Å². The van der Waals surface area contributed by atoms with Gasteiger partial charge in [0.25, 0.3) is 15.9 Å². The van der Waals surface area contributed by atoms with Crippen LogP contribution < -0.4 is 14.8 Å². The Morgan fingerprint density at radius 3 is 2.23 bits per heavy atom. The van der Waals surface area contributed by atoms with Gasteiger partial charge < -0.3 is 10.1 Å². The van der Waals surface area contributed by atoms with Gasteiger partial charge in [0.2, 0.25) is 0 Å². The second kappa shape index (κ2) is 9.03. The lowest BCUT2D eigenvalue weighted by atomic mass is 10.2. The molecule has 6 nitrogen and oxygen atoms in total. The SMILES string of the molecule is O=C(Nc1ccccc1Oc1ccccc1)c1ccc(NS(=O)(=O)c2cccs2)cc1. The third-order valence-electron chi connectivity index (χ3n) is 4.27. The number of ether oxygens (including phenoxy) is 1. The number of anilines is 2. The Hall–Kier alpha value is -3.62. The molecule has 0 radical (unpaired) electrons. The molecule has 156 valence electrons. The number of benzene rings is 3. The van der Waals surface area contributed by atoms with Gasteiger partial charge in [0.15, 0.2) is 5.75 Å². The van der Waals surface area contributed by atoms with Crippen LogP contribution in [-0.4, -0.2) is 14.3 Å². The molecule has 0 atom stereocenters. The normalized spacial score (nSPS) is 11.0. The smallest absolute Gasteiger partial charge is 0.271 e. The fourth-order valence-electron chi connectivity index (χ4n) is 2.78. The van der Waals surface area contributed by atoms with Crippen molar-refractivity contribution in [3.63, 3.8) is 0 Å². The van der Waals surface area contributed by atoms with Gasteiger partial charge in [0, 0.05) is 11.3 Å². The molecular weight excluding hydrogens is 432 g/mol. The number of amides is 1. The molecule has 1 aromatic heterocycles. The zero-order valence-corrected chi connectivity index (χ0v) is 17.8. The first-order chi connectivity index (χ1) is 15.0. The number of rotatable bonds is 7. The Morgan fingerprint density at radius 2 is 1.52 bits per heavy atom. The van der Waals surface area contributed by atoms with Gasteiger partial charge >= 0.3 is 0 Å². The van der Waals surface area contributed by atoms with Gasteiger partial charge in [0.1, 0.15) is 9.96 Å². The van der Waals surface area contributed by atoms with Crippen molar-refractivity contribution in [3.05, 3.63) is 102 Å². The van der Waals surface area contributed by atoms with Gasteiger partial charge in [-0.25, -0.2) is 8.42 Å². The van der Waals surface area contributed by atoms with Crippen molar-refractivity contribution in [2.75, 3.05) is 10.0 Å². The van der Waals surface area contributed by atoms with E-state index in [-0.39, 0.29) is 10.1 Å². The lowest BCUT2D eigenvalue weighted by Gasteiger charge is -2.12. The van der Waals surface area contributed by atoms with Crippen LogP contribution in [-0.2, 0) is 10.0 Å². The van der Waals surface area contributed by atoms with Crippen LogP contribution in [0.3, 0.4) is 0 Å². The molecule has 0 aliphatic rings. The second-order valence-corrected chi connectivity index (χ2v) is 9.34. The van der Waals surface area contributed by atoms with Crippen molar-refractivity contribution in [1.82, 2.24) is 0 Å². The minimum atomic E-state index is -3.64. The number of carbonyl (C=O) groups excluding carboxylic acids is 1. The van der Waals surface area contributed by atoms with Gasteiger partial charge in [-0.1, -0.05) is 36.4 Å². The maximum Gasteiger partial charge on any atom is 0.271 e. The predicted molar refractivity (Wildman–Crippen MR) is 122 cm³/mol. The molecule has 0 fully saturated rings. The molecule has 4 rings (SSSR count). The third kappa shape index (κ3) is 5.11. The minimum absolute atomic E-state index is 0.226. The highest BCUT2D eigenvalue weighted by molar-refractivity contribution is 7.94. The summed E-state index contributed by atoms with van der Waals surface area (Å²) in [5.41, 5.74) is 1.28. The zero-order valence-electron chi connectivity index (χ0n) is 16.2. The molecule has 8 heteroatoms. The molecule has 2 N–H and O–H groups in total. The first-order valence-electron chi connectivity index (χ1n) is 9.31. The number of carbonyl (C=O) groups is 1. The van der Waals surface area contributed by atoms with Crippen LogP contribution in [0.4, 0.5) is 11.4 Å². The van der Waals surface area contributed by atoms with Crippen molar-refractivity contribution < 1.29 is 17.9 Å². The molecule has 0 saturated carbocycles. The van der Waals surface area contributed by atoms with Gasteiger partial charge in [-0.3, -0.25) is 9.52 Å². The van der Waals surface area contributed by atoms with E-state index in [0.717, 1.165) is 11.3 Å².